The number of hydrazone groups is 1. The Bertz CT molecular complexity index is 758. The largest absolute Gasteiger partial charge is 0.507 e. The Hall–Kier alpha value is -2.33. The van der Waals surface area contributed by atoms with Crippen molar-refractivity contribution in [1.29, 1.82) is 0 Å². The lowest BCUT2D eigenvalue weighted by Crippen LogP contribution is -2.24. The third-order valence-electron chi connectivity index (χ3n) is 3.68. The number of hydrogen-bond acceptors (Lipinski definition) is 3. The molecule has 0 saturated heterocycles. The van der Waals surface area contributed by atoms with E-state index in [1.54, 1.807) is 24.3 Å². The van der Waals surface area contributed by atoms with Gasteiger partial charge in [0.05, 0.1) is 11.8 Å². The minimum Gasteiger partial charge on any atom is -0.507 e. The van der Waals surface area contributed by atoms with Gasteiger partial charge >= 0.3 is 0 Å². The molecule has 1 aliphatic rings. The zero-order valence-corrected chi connectivity index (χ0v) is 12.8. The predicted octanol–water partition coefficient (Wildman–Crippen LogP) is 3.74. The van der Waals surface area contributed by atoms with Crippen molar-refractivity contribution < 1.29 is 9.90 Å². The number of carbonyl (C=O) groups excluding carboxylic acids is 1. The summed E-state index contributed by atoms with van der Waals surface area (Å²) >= 11 is 6.05. The smallest absolute Gasteiger partial charge is 0.240 e. The van der Waals surface area contributed by atoms with Gasteiger partial charge in [0.2, 0.25) is 5.91 Å². The van der Waals surface area contributed by atoms with Gasteiger partial charge in [0.1, 0.15) is 5.75 Å². The van der Waals surface area contributed by atoms with Crippen LogP contribution in [0.2, 0.25) is 5.02 Å². The fourth-order valence-corrected chi connectivity index (χ4v) is 2.85. The number of carbonyl (C=O) groups is 1. The SMILES string of the molecule is CC(=O)N1N=C(c2ccccc2O)C[C@@H]1c1cccc(Cl)c1. The molecule has 1 aliphatic heterocycles. The van der Waals surface area contributed by atoms with Gasteiger partial charge in [-0.05, 0) is 29.8 Å². The molecule has 0 spiro atoms. The Morgan fingerprint density at radius 3 is 2.73 bits per heavy atom. The van der Waals surface area contributed by atoms with E-state index in [-0.39, 0.29) is 17.7 Å². The number of phenolic OH excluding ortho intramolecular Hbond substituents is 1. The van der Waals surface area contributed by atoms with Crippen LogP contribution in [0.3, 0.4) is 0 Å². The van der Waals surface area contributed by atoms with Gasteiger partial charge < -0.3 is 5.11 Å². The van der Waals surface area contributed by atoms with Gasteiger partial charge in [-0.15, -0.1) is 0 Å². The molecule has 0 radical (unpaired) electrons. The van der Waals surface area contributed by atoms with Crippen LogP contribution < -0.4 is 0 Å². The topological polar surface area (TPSA) is 52.9 Å². The molecule has 4 nitrogen and oxygen atoms in total. The van der Waals surface area contributed by atoms with Crippen molar-refractivity contribution in [1.82, 2.24) is 5.01 Å². The summed E-state index contributed by atoms with van der Waals surface area (Å²) in [7, 11) is 0. The lowest BCUT2D eigenvalue weighted by molar-refractivity contribution is -0.130. The van der Waals surface area contributed by atoms with E-state index < -0.39 is 0 Å². The van der Waals surface area contributed by atoms with E-state index in [4.69, 9.17) is 11.6 Å². The van der Waals surface area contributed by atoms with E-state index in [2.05, 4.69) is 5.10 Å². The second-order valence-corrected chi connectivity index (χ2v) is 5.64. The highest BCUT2D eigenvalue weighted by Gasteiger charge is 2.32. The third-order valence-corrected chi connectivity index (χ3v) is 3.92. The van der Waals surface area contributed by atoms with Crippen molar-refractivity contribution in [3.05, 3.63) is 64.7 Å². The van der Waals surface area contributed by atoms with Crippen LogP contribution in [-0.2, 0) is 4.79 Å². The highest BCUT2D eigenvalue weighted by atomic mass is 35.5. The Morgan fingerprint density at radius 2 is 2.05 bits per heavy atom. The van der Waals surface area contributed by atoms with Crippen LogP contribution >= 0.6 is 11.6 Å². The molecule has 112 valence electrons. The second-order valence-electron chi connectivity index (χ2n) is 5.20. The monoisotopic (exact) mass is 314 g/mol. The zero-order chi connectivity index (χ0) is 15.7. The van der Waals surface area contributed by atoms with Gasteiger partial charge in [-0.1, -0.05) is 35.9 Å². The molecule has 0 aliphatic carbocycles. The molecule has 22 heavy (non-hydrogen) atoms. The normalized spacial score (nSPS) is 17.5. The van der Waals surface area contributed by atoms with E-state index in [0.29, 0.717) is 22.7 Å². The Labute approximate surface area is 133 Å². The highest BCUT2D eigenvalue weighted by Crippen LogP contribution is 2.35. The van der Waals surface area contributed by atoms with E-state index in [0.717, 1.165) is 5.56 Å². The van der Waals surface area contributed by atoms with Crippen LogP contribution in [0.1, 0.15) is 30.5 Å². The molecule has 2 aromatic rings. The molecule has 0 saturated carbocycles. The minimum atomic E-state index is -0.203. The third kappa shape index (κ3) is 2.70. The van der Waals surface area contributed by atoms with Gasteiger partial charge in [0, 0.05) is 23.9 Å². The van der Waals surface area contributed by atoms with Crippen LogP contribution in [0.15, 0.2) is 53.6 Å². The summed E-state index contributed by atoms with van der Waals surface area (Å²) in [6.07, 6.45) is 0.539. The number of benzene rings is 2. The lowest BCUT2D eigenvalue weighted by atomic mass is 9.98. The molecule has 0 fully saturated rings. The maximum absolute atomic E-state index is 11.9. The van der Waals surface area contributed by atoms with Crippen LogP contribution in [0.5, 0.6) is 5.75 Å². The summed E-state index contributed by atoms with van der Waals surface area (Å²) in [5, 5.41) is 16.5. The molecule has 5 heteroatoms. The molecule has 3 rings (SSSR count). The summed E-state index contributed by atoms with van der Waals surface area (Å²) < 4.78 is 0. The quantitative estimate of drug-likeness (QED) is 0.918. The van der Waals surface area contributed by atoms with Crippen molar-refractivity contribution >= 4 is 23.2 Å². The molecule has 1 atom stereocenters. The van der Waals surface area contributed by atoms with Crippen molar-refractivity contribution in [2.75, 3.05) is 0 Å². The fourth-order valence-electron chi connectivity index (χ4n) is 2.65. The van der Waals surface area contributed by atoms with E-state index in [1.165, 1.54) is 11.9 Å². The van der Waals surface area contributed by atoms with Crippen molar-refractivity contribution in [2.24, 2.45) is 5.10 Å². The summed E-state index contributed by atoms with van der Waals surface area (Å²) in [5.41, 5.74) is 2.27. The number of nitrogens with zero attached hydrogens (tertiary/aromatic N) is 2. The fraction of sp³-hybridized carbons (Fsp3) is 0.176. The number of rotatable bonds is 2. The molecule has 2 aromatic carbocycles. The second kappa shape index (κ2) is 5.81. The molecule has 1 amide bonds. The Kier molecular flexibility index (Phi) is 3.86. The number of hydrogen-bond donors (Lipinski definition) is 1. The van der Waals surface area contributed by atoms with Crippen LogP contribution in [-0.4, -0.2) is 21.7 Å². The summed E-state index contributed by atoms with van der Waals surface area (Å²) in [4.78, 5) is 11.9. The Balaban J connectivity index is 1.99. The average molecular weight is 315 g/mol. The number of aromatic hydroxyl groups is 1. The van der Waals surface area contributed by atoms with Gasteiger partial charge in [0.15, 0.2) is 0 Å². The number of halogens is 1. The van der Waals surface area contributed by atoms with E-state index >= 15 is 0 Å². The van der Waals surface area contributed by atoms with Gasteiger partial charge in [-0.2, -0.15) is 5.10 Å². The Morgan fingerprint density at radius 1 is 1.27 bits per heavy atom. The zero-order valence-electron chi connectivity index (χ0n) is 12.0. The number of amides is 1. The number of phenols is 1. The first-order valence-electron chi connectivity index (χ1n) is 6.97. The predicted molar refractivity (Wildman–Crippen MR) is 86.0 cm³/mol. The van der Waals surface area contributed by atoms with Gasteiger partial charge in [0.25, 0.3) is 0 Å². The van der Waals surface area contributed by atoms with Gasteiger partial charge in [-0.25, -0.2) is 5.01 Å². The average Bonchev–Trinajstić information content (AvgIpc) is 2.93. The highest BCUT2D eigenvalue weighted by molar-refractivity contribution is 6.30. The molecule has 0 bridgehead atoms. The molecule has 0 unspecified atom stereocenters. The van der Waals surface area contributed by atoms with E-state index in [9.17, 15) is 9.90 Å². The first-order valence-corrected chi connectivity index (χ1v) is 7.35. The summed E-state index contributed by atoms with van der Waals surface area (Å²) in [5.74, 6) is 0.0203. The van der Waals surface area contributed by atoms with Crippen molar-refractivity contribution in [2.45, 2.75) is 19.4 Å². The standard InChI is InChI=1S/C17H15ClN2O2/c1-11(21)20-16(12-5-4-6-13(18)9-12)10-15(19-20)14-7-2-3-8-17(14)22/h2-9,16,22H,10H2,1H3/t16-/m1/s1. The summed E-state index contributed by atoms with van der Waals surface area (Å²) in [6, 6.07) is 14.2. The van der Waals surface area contributed by atoms with Crippen LogP contribution in [0.4, 0.5) is 0 Å². The molecular weight excluding hydrogens is 300 g/mol. The molecule has 1 heterocycles. The lowest BCUT2D eigenvalue weighted by Gasteiger charge is -2.20. The summed E-state index contributed by atoms with van der Waals surface area (Å²) in [6.45, 7) is 1.48. The first-order chi connectivity index (χ1) is 10.6. The molecule has 1 N–H and O–H groups in total. The van der Waals surface area contributed by atoms with Crippen LogP contribution in [0.25, 0.3) is 0 Å². The maximum atomic E-state index is 11.9. The maximum Gasteiger partial charge on any atom is 0.240 e. The van der Waals surface area contributed by atoms with Gasteiger partial charge in [-0.3, -0.25) is 4.79 Å². The van der Waals surface area contributed by atoms with E-state index in [1.807, 2.05) is 24.3 Å². The first kappa shape index (κ1) is 14.6. The number of para-hydroxylation sites is 1. The van der Waals surface area contributed by atoms with Crippen molar-refractivity contribution in [3.63, 3.8) is 0 Å². The molecular formula is C17H15ClN2O2. The molecule has 0 aromatic heterocycles. The van der Waals surface area contributed by atoms with Crippen LogP contribution in [0, 0.1) is 0 Å². The van der Waals surface area contributed by atoms with Crippen molar-refractivity contribution in [3.8, 4) is 5.75 Å². The minimum absolute atomic E-state index is 0.143.